The summed E-state index contributed by atoms with van der Waals surface area (Å²) < 4.78 is 24.0. The molecule has 0 radical (unpaired) electrons. The normalized spacial score (nSPS) is 28.0. The van der Waals surface area contributed by atoms with Gasteiger partial charge in [-0.05, 0) is 38.5 Å². The Morgan fingerprint density at radius 2 is 1.74 bits per heavy atom. The molecule has 0 bridgehead atoms. The molecule has 2 heterocycles. The highest BCUT2D eigenvalue weighted by molar-refractivity contribution is 9.11. The number of rotatable bonds is 9. The second-order valence-electron chi connectivity index (χ2n) is 6.06. The summed E-state index contributed by atoms with van der Waals surface area (Å²) in [4.78, 5) is 11.0. The Morgan fingerprint density at radius 1 is 1.13 bits per heavy atom. The number of halogens is 1. The molecule has 0 aromatic rings. The fraction of sp³-hybridized carbons (Fsp3) is 0.824. The van der Waals surface area contributed by atoms with Crippen LogP contribution in [0.1, 0.15) is 51.4 Å². The SMILES string of the molecule is C=C(Br)[C@H](C[C@@H](CC=O)OC1CCCCO1)OC1CCCCO1. The van der Waals surface area contributed by atoms with E-state index in [1.165, 1.54) is 0 Å². The Hall–Kier alpha value is -0.270. The molecular weight excluding hydrogens is 364 g/mol. The highest BCUT2D eigenvalue weighted by Crippen LogP contribution is 2.26. The second kappa shape index (κ2) is 10.6. The maximum Gasteiger partial charge on any atom is 0.158 e. The van der Waals surface area contributed by atoms with Gasteiger partial charge >= 0.3 is 0 Å². The summed E-state index contributed by atoms with van der Waals surface area (Å²) >= 11 is 3.42. The summed E-state index contributed by atoms with van der Waals surface area (Å²) in [5.41, 5.74) is 0. The highest BCUT2D eigenvalue weighted by atomic mass is 79.9. The van der Waals surface area contributed by atoms with Crippen molar-refractivity contribution in [2.24, 2.45) is 0 Å². The van der Waals surface area contributed by atoms with Crippen molar-refractivity contribution in [3.8, 4) is 0 Å². The summed E-state index contributed by atoms with van der Waals surface area (Å²) in [6.07, 6.45) is 6.99. The zero-order valence-electron chi connectivity index (χ0n) is 13.6. The van der Waals surface area contributed by atoms with Crippen molar-refractivity contribution in [2.45, 2.75) is 76.2 Å². The van der Waals surface area contributed by atoms with Gasteiger partial charge in [0, 0.05) is 30.5 Å². The first-order valence-electron chi connectivity index (χ1n) is 8.51. The summed E-state index contributed by atoms with van der Waals surface area (Å²) in [5.74, 6) is 0. The van der Waals surface area contributed by atoms with Crippen molar-refractivity contribution < 1.29 is 23.7 Å². The van der Waals surface area contributed by atoms with Crippen molar-refractivity contribution in [2.75, 3.05) is 13.2 Å². The molecule has 2 saturated heterocycles. The summed E-state index contributed by atoms with van der Waals surface area (Å²) in [5, 5.41) is 0. The topological polar surface area (TPSA) is 54.0 Å². The molecule has 6 heteroatoms. The van der Waals surface area contributed by atoms with Gasteiger partial charge in [0.15, 0.2) is 12.6 Å². The van der Waals surface area contributed by atoms with Crippen molar-refractivity contribution in [3.05, 3.63) is 11.1 Å². The molecule has 5 nitrogen and oxygen atoms in total. The predicted octanol–water partition coefficient (Wildman–Crippen LogP) is 3.70. The highest BCUT2D eigenvalue weighted by Gasteiger charge is 2.27. The molecule has 4 atom stereocenters. The molecule has 2 rings (SSSR count). The van der Waals surface area contributed by atoms with Crippen LogP contribution in [0.25, 0.3) is 0 Å². The van der Waals surface area contributed by atoms with Gasteiger partial charge in [-0.1, -0.05) is 22.5 Å². The lowest BCUT2D eigenvalue weighted by molar-refractivity contribution is -0.209. The van der Waals surface area contributed by atoms with E-state index < -0.39 is 0 Å². The molecule has 23 heavy (non-hydrogen) atoms. The largest absolute Gasteiger partial charge is 0.353 e. The first-order valence-corrected chi connectivity index (χ1v) is 9.30. The van der Waals surface area contributed by atoms with Crippen LogP contribution in [0.15, 0.2) is 11.1 Å². The average molecular weight is 391 g/mol. The van der Waals surface area contributed by atoms with Crippen molar-refractivity contribution in [1.29, 1.82) is 0 Å². The second-order valence-corrected chi connectivity index (χ2v) is 7.08. The van der Waals surface area contributed by atoms with E-state index in [-0.39, 0.29) is 24.8 Å². The van der Waals surface area contributed by atoms with Gasteiger partial charge in [0.25, 0.3) is 0 Å². The number of aldehydes is 1. The van der Waals surface area contributed by atoms with Crippen molar-refractivity contribution in [1.82, 2.24) is 0 Å². The minimum atomic E-state index is -0.244. The number of hydrogen-bond donors (Lipinski definition) is 0. The Kier molecular flexibility index (Phi) is 8.76. The number of carbonyl (C=O) groups excluding carboxylic acids is 1. The molecule has 0 N–H and O–H groups in total. The molecule has 0 saturated carbocycles. The van der Waals surface area contributed by atoms with Crippen molar-refractivity contribution in [3.63, 3.8) is 0 Å². The van der Waals surface area contributed by atoms with Crippen LogP contribution in [-0.2, 0) is 23.7 Å². The van der Waals surface area contributed by atoms with E-state index in [1.54, 1.807) is 0 Å². The smallest absolute Gasteiger partial charge is 0.158 e. The molecule has 0 amide bonds. The fourth-order valence-electron chi connectivity index (χ4n) is 2.85. The molecule has 0 aliphatic carbocycles. The molecule has 2 aliphatic rings. The molecule has 2 aliphatic heterocycles. The van der Waals surface area contributed by atoms with Gasteiger partial charge in [0.2, 0.25) is 0 Å². The zero-order valence-corrected chi connectivity index (χ0v) is 15.2. The van der Waals surface area contributed by atoms with E-state index in [1.807, 2.05) is 0 Å². The lowest BCUT2D eigenvalue weighted by atomic mass is 10.1. The van der Waals surface area contributed by atoms with Crippen LogP contribution in [-0.4, -0.2) is 44.3 Å². The van der Waals surface area contributed by atoms with E-state index in [4.69, 9.17) is 18.9 Å². The van der Waals surface area contributed by atoms with Gasteiger partial charge in [0.05, 0.1) is 12.2 Å². The van der Waals surface area contributed by atoms with Crippen LogP contribution in [0.5, 0.6) is 0 Å². The van der Waals surface area contributed by atoms with E-state index in [0.717, 1.165) is 62.5 Å². The van der Waals surface area contributed by atoms with E-state index in [9.17, 15) is 4.79 Å². The molecule has 0 spiro atoms. The van der Waals surface area contributed by atoms with Gasteiger partial charge in [-0.15, -0.1) is 0 Å². The molecule has 0 aromatic heterocycles. The van der Waals surface area contributed by atoms with E-state index in [0.29, 0.717) is 12.8 Å². The fourth-order valence-corrected chi connectivity index (χ4v) is 3.14. The van der Waals surface area contributed by atoms with Gasteiger partial charge in [-0.25, -0.2) is 0 Å². The number of hydrogen-bond acceptors (Lipinski definition) is 5. The minimum Gasteiger partial charge on any atom is -0.353 e. The predicted molar refractivity (Wildman–Crippen MR) is 90.3 cm³/mol. The lowest BCUT2D eigenvalue weighted by Crippen LogP contribution is -2.34. The molecule has 0 aromatic carbocycles. The maximum absolute atomic E-state index is 11.0. The van der Waals surface area contributed by atoms with Crippen LogP contribution in [0, 0.1) is 0 Å². The minimum absolute atomic E-state index is 0.203. The maximum atomic E-state index is 11.0. The number of carbonyl (C=O) groups is 1. The van der Waals surface area contributed by atoms with Crippen LogP contribution >= 0.6 is 15.9 Å². The van der Waals surface area contributed by atoms with E-state index in [2.05, 4.69) is 22.5 Å². The molecule has 132 valence electrons. The Labute approximate surface area is 146 Å². The van der Waals surface area contributed by atoms with Gasteiger partial charge in [0.1, 0.15) is 6.29 Å². The monoisotopic (exact) mass is 390 g/mol. The van der Waals surface area contributed by atoms with Gasteiger partial charge in [-0.3, -0.25) is 0 Å². The molecule has 2 fully saturated rings. The van der Waals surface area contributed by atoms with Crippen LogP contribution < -0.4 is 0 Å². The van der Waals surface area contributed by atoms with E-state index >= 15 is 0 Å². The third-order valence-corrected chi connectivity index (χ3v) is 4.63. The quantitative estimate of drug-likeness (QED) is 0.561. The zero-order chi connectivity index (χ0) is 16.5. The van der Waals surface area contributed by atoms with Crippen LogP contribution in [0.3, 0.4) is 0 Å². The average Bonchev–Trinajstić information content (AvgIpc) is 2.56. The number of ether oxygens (including phenoxy) is 4. The van der Waals surface area contributed by atoms with Crippen LogP contribution in [0.4, 0.5) is 0 Å². The van der Waals surface area contributed by atoms with Crippen LogP contribution in [0.2, 0.25) is 0 Å². The van der Waals surface area contributed by atoms with Crippen molar-refractivity contribution >= 4 is 22.2 Å². The Balaban J connectivity index is 1.87. The first kappa shape index (κ1) is 19.1. The molecular formula is C17H27BrO5. The lowest BCUT2D eigenvalue weighted by Gasteiger charge is -2.31. The summed E-state index contributed by atoms with van der Waals surface area (Å²) in [6.45, 7) is 5.40. The van der Waals surface area contributed by atoms with Gasteiger partial charge in [-0.2, -0.15) is 0 Å². The Morgan fingerprint density at radius 3 is 2.22 bits per heavy atom. The molecule has 2 unspecified atom stereocenters. The summed E-state index contributed by atoms with van der Waals surface area (Å²) in [7, 11) is 0. The Bertz CT molecular complexity index is 364. The third-order valence-electron chi connectivity index (χ3n) is 4.12. The first-order chi connectivity index (χ1) is 11.2. The van der Waals surface area contributed by atoms with Gasteiger partial charge < -0.3 is 23.7 Å². The summed E-state index contributed by atoms with van der Waals surface area (Å²) in [6, 6.07) is 0. The third kappa shape index (κ3) is 7.01. The standard InChI is InChI=1S/C17H27BrO5/c1-13(18)15(23-17-7-3-5-11-21-17)12-14(8-9-19)22-16-6-2-4-10-20-16/h9,14-17H,1-8,10-12H2/t14-,15+,16?,17?/m1/s1.